The van der Waals surface area contributed by atoms with Crippen molar-refractivity contribution in [3.63, 3.8) is 0 Å². The van der Waals surface area contributed by atoms with E-state index in [2.05, 4.69) is 20.2 Å². The van der Waals surface area contributed by atoms with E-state index in [0.717, 1.165) is 0 Å². The Morgan fingerprint density at radius 1 is 1.18 bits per heavy atom. The van der Waals surface area contributed by atoms with E-state index in [1.165, 1.54) is 6.07 Å². The molecule has 0 N–H and O–H groups in total. The average Bonchev–Trinajstić information content (AvgIpc) is 3.13. The van der Waals surface area contributed by atoms with Crippen LogP contribution in [0, 0.1) is 12.7 Å². The number of hydrogen-bond acceptors (Lipinski definition) is 6. The zero-order valence-electron chi connectivity index (χ0n) is 15.1. The third-order valence-electron chi connectivity index (χ3n) is 5.21. The zero-order valence-corrected chi connectivity index (χ0v) is 15.1. The molecule has 1 fully saturated rings. The van der Waals surface area contributed by atoms with Gasteiger partial charge in [0.15, 0.2) is 11.6 Å². The van der Waals surface area contributed by atoms with Crippen LogP contribution in [0.2, 0.25) is 0 Å². The van der Waals surface area contributed by atoms with Gasteiger partial charge in [0, 0.05) is 18.9 Å². The molecule has 4 heterocycles. The second-order valence-electron chi connectivity index (χ2n) is 6.92. The summed E-state index contributed by atoms with van der Waals surface area (Å²) in [6.07, 6.45) is 3.29. The summed E-state index contributed by atoms with van der Waals surface area (Å²) in [4.78, 5) is 23.4. The normalized spacial score (nSPS) is 20.7. The van der Waals surface area contributed by atoms with Gasteiger partial charge in [-0.3, -0.25) is 4.79 Å². The number of nitrogens with zero attached hydrogens (tertiary/aromatic N) is 6. The molecule has 9 heteroatoms. The lowest BCUT2D eigenvalue weighted by molar-refractivity contribution is -0.0571. The molecule has 28 heavy (non-hydrogen) atoms. The minimum atomic E-state index is -0.489. The number of rotatable bonds is 2. The number of benzene rings is 1. The van der Waals surface area contributed by atoms with Crippen molar-refractivity contribution in [1.82, 2.24) is 29.6 Å². The number of ether oxygens (including phenoxy) is 1. The van der Waals surface area contributed by atoms with E-state index >= 15 is 0 Å². The fraction of sp³-hybridized carbons (Fsp3) is 0.316. The molecule has 2 aliphatic heterocycles. The maximum absolute atomic E-state index is 14.6. The summed E-state index contributed by atoms with van der Waals surface area (Å²) in [7, 11) is 0. The highest BCUT2D eigenvalue weighted by Crippen LogP contribution is 2.35. The van der Waals surface area contributed by atoms with E-state index in [-0.39, 0.29) is 24.1 Å². The zero-order chi connectivity index (χ0) is 19.3. The first-order valence-corrected chi connectivity index (χ1v) is 9.01. The molecular weight excluding hydrogens is 363 g/mol. The van der Waals surface area contributed by atoms with Crippen molar-refractivity contribution in [2.45, 2.75) is 25.6 Å². The fourth-order valence-electron chi connectivity index (χ4n) is 3.86. The maximum atomic E-state index is 14.6. The number of morpholine rings is 1. The van der Waals surface area contributed by atoms with Crippen LogP contribution in [-0.2, 0) is 11.3 Å². The fourth-order valence-corrected chi connectivity index (χ4v) is 3.86. The first-order valence-electron chi connectivity index (χ1n) is 9.01. The van der Waals surface area contributed by atoms with E-state index in [4.69, 9.17) is 4.74 Å². The van der Waals surface area contributed by atoms with Crippen LogP contribution in [0.1, 0.15) is 27.8 Å². The van der Waals surface area contributed by atoms with E-state index in [1.54, 1.807) is 42.4 Å². The molecule has 1 aromatic carbocycles. The van der Waals surface area contributed by atoms with Crippen LogP contribution in [-0.4, -0.2) is 54.8 Å². The minimum Gasteiger partial charge on any atom is -0.377 e. The second kappa shape index (κ2) is 6.45. The number of aryl methyl sites for hydroxylation is 1. The number of aromatic nitrogens is 5. The predicted molar refractivity (Wildman–Crippen MR) is 95.7 cm³/mol. The molecule has 2 atom stereocenters. The number of hydrogen-bond donors (Lipinski definition) is 0. The molecule has 0 radical (unpaired) electrons. The van der Waals surface area contributed by atoms with Gasteiger partial charge in [0.1, 0.15) is 11.9 Å². The highest BCUT2D eigenvalue weighted by Gasteiger charge is 2.44. The van der Waals surface area contributed by atoms with E-state index in [9.17, 15) is 9.18 Å². The number of halogens is 1. The van der Waals surface area contributed by atoms with Crippen molar-refractivity contribution in [2.75, 3.05) is 13.2 Å². The van der Waals surface area contributed by atoms with Gasteiger partial charge in [-0.1, -0.05) is 12.1 Å². The van der Waals surface area contributed by atoms with Gasteiger partial charge < -0.3 is 14.2 Å². The first kappa shape index (κ1) is 16.9. The van der Waals surface area contributed by atoms with Crippen molar-refractivity contribution < 1.29 is 13.9 Å². The summed E-state index contributed by atoms with van der Waals surface area (Å²) >= 11 is 0. The van der Waals surface area contributed by atoms with E-state index in [0.29, 0.717) is 36.2 Å². The van der Waals surface area contributed by atoms with Crippen molar-refractivity contribution in [1.29, 1.82) is 0 Å². The van der Waals surface area contributed by atoms with E-state index < -0.39 is 11.9 Å². The summed E-state index contributed by atoms with van der Waals surface area (Å²) in [6, 6.07) is 5.90. The Hall–Kier alpha value is -3.20. The van der Waals surface area contributed by atoms with Gasteiger partial charge in [0.25, 0.3) is 5.91 Å². The molecule has 2 aromatic heterocycles. The molecular formula is C19H17FN6O2. The quantitative estimate of drug-likeness (QED) is 0.674. The Labute approximate surface area is 160 Å². The Balaban J connectivity index is 1.56. The topological polar surface area (TPSA) is 86.0 Å². The standard InChI is InChI=1S/C19H17FN6O2/c1-11-4-2-5-13(15(11)20)19(27)26-12-8-25-17(14(26)10-28-9-12)23-24-18(25)16-21-6-3-7-22-16/h2-7,12,14H,8-10H2,1H3/t12-,14-/m1/s1. The number of amides is 1. The van der Waals surface area contributed by atoms with Crippen LogP contribution in [0.3, 0.4) is 0 Å². The molecule has 0 saturated carbocycles. The summed E-state index contributed by atoms with van der Waals surface area (Å²) in [5, 5.41) is 8.53. The van der Waals surface area contributed by atoms with Crippen molar-refractivity contribution in [3.05, 3.63) is 59.4 Å². The Bertz CT molecular complexity index is 1050. The summed E-state index contributed by atoms with van der Waals surface area (Å²) < 4.78 is 22.2. The van der Waals surface area contributed by atoms with Gasteiger partial charge in [-0.25, -0.2) is 14.4 Å². The molecule has 0 aliphatic carbocycles. The van der Waals surface area contributed by atoms with Gasteiger partial charge in [-0.05, 0) is 24.6 Å². The smallest absolute Gasteiger partial charge is 0.257 e. The van der Waals surface area contributed by atoms with Crippen LogP contribution >= 0.6 is 0 Å². The molecule has 0 unspecified atom stereocenters. The van der Waals surface area contributed by atoms with Crippen LogP contribution < -0.4 is 0 Å². The van der Waals surface area contributed by atoms with Crippen molar-refractivity contribution >= 4 is 5.91 Å². The van der Waals surface area contributed by atoms with Gasteiger partial charge >= 0.3 is 0 Å². The van der Waals surface area contributed by atoms with Crippen molar-refractivity contribution in [3.8, 4) is 11.6 Å². The summed E-state index contributed by atoms with van der Waals surface area (Å²) in [5.41, 5.74) is 0.507. The van der Waals surface area contributed by atoms with Crippen LogP contribution in [0.5, 0.6) is 0 Å². The number of fused-ring (bicyclic) bond motifs is 4. The third kappa shape index (κ3) is 2.50. The lowest BCUT2D eigenvalue weighted by atomic mass is 10.0. The van der Waals surface area contributed by atoms with Crippen LogP contribution in [0.25, 0.3) is 11.6 Å². The molecule has 1 saturated heterocycles. The number of carbonyl (C=O) groups is 1. The summed E-state index contributed by atoms with van der Waals surface area (Å²) in [5.74, 6) is 0.786. The molecule has 2 bridgehead atoms. The third-order valence-corrected chi connectivity index (χ3v) is 5.21. The molecule has 1 amide bonds. The molecule has 8 nitrogen and oxygen atoms in total. The molecule has 5 rings (SSSR count). The summed E-state index contributed by atoms with van der Waals surface area (Å²) in [6.45, 7) is 2.73. The monoisotopic (exact) mass is 380 g/mol. The molecule has 2 aliphatic rings. The average molecular weight is 380 g/mol. The Morgan fingerprint density at radius 3 is 2.82 bits per heavy atom. The highest BCUT2D eigenvalue weighted by atomic mass is 19.1. The number of carbonyl (C=O) groups excluding carboxylic acids is 1. The molecule has 142 valence electrons. The lowest BCUT2D eigenvalue weighted by Crippen LogP contribution is -2.56. The largest absolute Gasteiger partial charge is 0.377 e. The van der Waals surface area contributed by atoms with Gasteiger partial charge in [0.2, 0.25) is 5.82 Å². The van der Waals surface area contributed by atoms with Crippen LogP contribution in [0.15, 0.2) is 36.7 Å². The SMILES string of the molecule is Cc1cccc(C(=O)N2[C@H]3COC[C@@H]2c2nnc(-c4ncccn4)n2C3)c1F. The minimum absolute atomic E-state index is 0.0662. The molecule has 3 aromatic rings. The van der Waals surface area contributed by atoms with Gasteiger partial charge in [0.05, 0.1) is 24.8 Å². The molecule has 0 spiro atoms. The van der Waals surface area contributed by atoms with Gasteiger partial charge in [-0.2, -0.15) is 0 Å². The second-order valence-corrected chi connectivity index (χ2v) is 6.92. The Morgan fingerprint density at radius 2 is 2.00 bits per heavy atom. The maximum Gasteiger partial charge on any atom is 0.257 e. The van der Waals surface area contributed by atoms with Gasteiger partial charge in [-0.15, -0.1) is 10.2 Å². The first-order chi connectivity index (χ1) is 13.6. The van der Waals surface area contributed by atoms with E-state index in [1.807, 2.05) is 4.57 Å². The van der Waals surface area contributed by atoms with Crippen LogP contribution in [0.4, 0.5) is 4.39 Å². The lowest BCUT2D eigenvalue weighted by Gasteiger charge is -2.45. The van der Waals surface area contributed by atoms with Crippen molar-refractivity contribution in [2.24, 2.45) is 0 Å². The predicted octanol–water partition coefficient (Wildman–Crippen LogP) is 1.78. The Kier molecular flexibility index (Phi) is 3.90. The highest BCUT2D eigenvalue weighted by molar-refractivity contribution is 5.95.